The molecule has 0 aromatic carbocycles. The van der Waals surface area contributed by atoms with E-state index in [0.717, 1.165) is 25.2 Å². The summed E-state index contributed by atoms with van der Waals surface area (Å²) in [6, 6.07) is 3.22. The molecular formula is C23H30N6O2. The lowest BCUT2D eigenvalue weighted by molar-refractivity contribution is -0.131. The van der Waals surface area contributed by atoms with Gasteiger partial charge in [0, 0.05) is 38.2 Å². The van der Waals surface area contributed by atoms with Gasteiger partial charge in [-0.1, -0.05) is 12.5 Å². The first-order valence-corrected chi connectivity index (χ1v) is 11.2. The standard InChI is InChI=1S/C23H30N6O2/c1-3-28(14-13-27-11-5-4-6-12-27)20(30)15-18-21-22(25-10-9-24-21)23(31)29(18)19-8-7-17(2)16-26-19/h7-10,16,18H,3-6,11-15H2,1-2H3/t18-/m0/s1. The first kappa shape index (κ1) is 21.4. The molecule has 0 unspecified atom stereocenters. The van der Waals surface area contributed by atoms with Gasteiger partial charge < -0.3 is 9.80 Å². The van der Waals surface area contributed by atoms with Crippen molar-refractivity contribution in [3.63, 3.8) is 0 Å². The Labute approximate surface area is 183 Å². The summed E-state index contributed by atoms with van der Waals surface area (Å²) in [7, 11) is 0. The molecule has 0 radical (unpaired) electrons. The summed E-state index contributed by atoms with van der Waals surface area (Å²) in [6.45, 7) is 8.40. The average molecular weight is 423 g/mol. The quantitative estimate of drug-likeness (QED) is 0.682. The Morgan fingerprint density at radius 1 is 1.13 bits per heavy atom. The third-order valence-corrected chi connectivity index (χ3v) is 6.16. The van der Waals surface area contributed by atoms with E-state index >= 15 is 0 Å². The van der Waals surface area contributed by atoms with Gasteiger partial charge in [0.2, 0.25) is 5.91 Å². The number of carbonyl (C=O) groups excluding carboxylic acids is 2. The predicted octanol–water partition coefficient (Wildman–Crippen LogP) is 2.61. The number of amides is 2. The van der Waals surface area contributed by atoms with E-state index < -0.39 is 6.04 Å². The highest BCUT2D eigenvalue weighted by Crippen LogP contribution is 2.36. The van der Waals surface area contributed by atoms with Crippen LogP contribution in [0.5, 0.6) is 0 Å². The summed E-state index contributed by atoms with van der Waals surface area (Å²) in [5.74, 6) is 0.283. The summed E-state index contributed by atoms with van der Waals surface area (Å²) < 4.78 is 0. The number of hydrogen-bond donors (Lipinski definition) is 0. The zero-order chi connectivity index (χ0) is 21.8. The Bertz CT molecular complexity index is 926. The van der Waals surface area contributed by atoms with Crippen molar-refractivity contribution in [2.75, 3.05) is 37.6 Å². The van der Waals surface area contributed by atoms with Crippen molar-refractivity contribution in [1.29, 1.82) is 0 Å². The van der Waals surface area contributed by atoms with E-state index in [1.807, 2.05) is 30.9 Å². The lowest BCUT2D eigenvalue weighted by Crippen LogP contribution is -2.41. The second-order valence-electron chi connectivity index (χ2n) is 8.25. The normalized spacial score (nSPS) is 18.8. The number of likely N-dealkylation sites (tertiary alicyclic amines) is 1. The van der Waals surface area contributed by atoms with Crippen molar-refractivity contribution in [1.82, 2.24) is 24.8 Å². The molecule has 1 fully saturated rings. The molecule has 2 aromatic rings. The maximum Gasteiger partial charge on any atom is 0.280 e. The Morgan fingerprint density at radius 3 is 2.61 bits per heavy atom. The third-order valence-electron chi connectivity index (χ3n) is 6.16. The zero-order valence-electron chi connectivity index (χ0n) is 18.3. The van der Waals surface area contributed by atoms with Crippen molar-refractivity contribution < 1.29 is 9.59 Å². The van der Waals surface area contributed by atoms with Gasteiger partial charge >= 0.3 is 0 Å². The Kier molecular flexibility index (Phi) is 6.56. The molecule has 164 valence electrons. The van der Waals surface area contributed by atoms with E-state index in [9.17, 15) is 9.59 Å². The number of fused-ring (bicyclic) bond motifs is 1. The highest BCUT2D eigenvalue weighted by atomic mass is 16.2. The number of hydrogen-bond acceptors (Lipinski definition) is 6. The van der Waals surface area contributed by atoms with Gasteiger partial charge in [-0.3, -0.25) is 19.5 Å². The largest absolute Gasteiger partial charge is 0.342 e. The maximum atomic E-state index is 13.3. The van der Waals surface area contributed by atoms with Gasteiger partial charge in [0.15, 0.2) is 5.69 Å². The van der Waals surface area contributed by atoms with Crippen LogP contribution < -0.4 is 4.90 Å². The Morgan fingerprint density at radius 2 is 1.90 bits per heavy atom. The van der Waals surface area contributed by atoms with Gasteiger partial charge in [0.05, 0.1) is 18.2 Å². The van der Waals surface area contributed by atoms with Crippen LogP contribution in [-0.2, 0) is 4.79 Å². The molecule has 4 rings (SSSR count). The van der Waals surface area contributed by atoms with Crippen molar-refractivity contribution in [3.05, 3.63) is 47.7 Å². The second kappa shape index (κ2) is 9.51. The van der Waals surface area contributed by atoms with Crippen LogP contribution in [0.2, 0.25) is 0 Å². The van der Waals surface area contributed by atoms with Gasteiger partial charge in [0.1, 0.15) is 5.82 Å². The average Bonchev–Trinajstić information content (AvgIpc) is 3.07. The number of pyridine rings is 1. The SMILES string of the molecule is CCN(CCN1CCCCC1)C(=O)C[C@H]1c2nccnc2C(=O)N1c1ccc(C)cn1. The molecule has 4 heterocycles. The van der Waals surface area contributed by atoms with Gasteiger partial charge in [0.25, 0.3) is 5.91 Å². The number of rotatable bonds is 7. The van der Waals surface area contributed by atoms with Gasteiger partial charge in [-0.25, -0.2) is 9.97 Å². The van der Waals surface area contributed by atoms with E-state index in [2.05, 4.69) is 19.9 Å². The molecule has 8 heteroatoms. The fourth-order valence-electron chi connectivity index (χ4n) is 4.39. The molecule has 2 amide bonds. The maximum absolute atomic E-state index is 13.3. The smallest absolute Gasteiger partial charge is 0.280 e. The van der Waals surface area contributed by atoms with Crippen molar-refractivity contribution in [2.45, 2.75) is 45.6 Å². The lowest BCUT2D eigenvalue weighted by Gasteiger charge is -2.31. The number of anilines is 1. The fraction of sp³-hybridized carbons (Fsp3) is 0.522. The Balaban J connectivity index is 1.52. The van der Waals surface area contributed by atoms with Crippen LogP contribution in [-0.4, -0.2) is 69.3 Å². The number of aromatic nitrogens is 3. The van der Waals surface area contributed by atoms with E-state index in [1.165, 1.54) is 25.5 Å². The summed E-state index contributed by atoms with van der Waals surface area (Å²) >= 11 is 0. The molecule has 8 nitrogen and oxygen atoms in total. The number of piperidine rings is 1. The minimum absolute atomic E-state index is 0.0212. The van der Waals surface area contributed by atoms with Crippen LogP contribution in [0.4, 0.5) is 5.82 Å². The predicted molar refractivity (Wildman–Crippen MR) is 118 cm³/mol. The van der Waals surface area contributed by atoms with E-state index in [0.29, 0.717) is 30.3 Å². The minimum atomic E-state index is -0.497. The summed E-state index contributed by atoms with van der Waals surface area (Å²) in [4.78, 5) is 45.3. The van der Waals surface area contributed by atoms with Gasteiger partial charge in [-0.2, -0.15) is 0 Å². The Hall–Kier alpha value is -2.87. The molecule has 0 spiro atoms. The van der Waals surface area contributed by atoms with Crippen LogP contribution in [0.25, 0.3) is 0 Å². The lowest BCUT2D eigenvalue weighted by atomic mass is 10.1. The summed E-state index contributed by atoms with van der Waals surface area (Å²) in [5.41, 5.74) is 1.86. The molecule has 31 heavy (non-hydrogen) atoms. The third kappa shape index (κ3) is 4.58. The molecule has 1 saturated heterocycles. The number of likely N-dealkylation sites (N-methyl/N-ethyl adjacent to an activating group) is 1. The van der Waals surface area contributed by atoms with Crippen molar-refractivity contribution >= 4 is 17.6 Å². The fourth-order valence-corrected chi connectivity index (χ4v) is 4.39. The van der Waals surface area contributed by atoms with Crippen molar-refractivity contribution in [2.24, 2.45) is 0 Å². The van der Waals surface area contributed by atoms with Crippen LogP contribution in [0.3, 0.4) is 0 Å². The molecule has 0 saturated carbocycles. The molecule has 2 aromatic heterocycles. The van der Waals surface area contributed by atoms with E-state index in [1.54, 1.807) is 17.3 Å². The van der Waals surface area contributed by atoms with Crippen LogP contribution in [0, 0.1) is 6.92 Å². The molecule has 0 bridgehead atoms. The zero-order valence-corrected chi connectivity index (χ0v) is 18.3. The summed E-state index contributed by atoms with van der Waals surface area (Å²) in [5, 5.41) is 0. The molecule has 0 N–H and O–H groups in total. The topological polar surface area (TPSA) is 82.5 Å². The molecule has 2 aliphatic heterocycles. The van der Waals surface area contributed by atoms with Gasteiger partial charge in [-0.05, 0) is 51.4 Å². The summed E-state index contributed by atoms with van der Waals surface area (Å²) in [6.07, 6.45) is 8.74. The number of nitrogens with zero attached hydrogens (tertiary/aromatic N) is 6. The first-order valence-electron chi connectivity index (χ1n) is 11.2. The monoisotopic (exact) mass is 422 g/mol. The highest BCUT2D eigenvalue weighted by molar-refractivity contribution is 6.09. The second-order valence-corrected chi connectivity index (χ2v) is 8.25. The molecule has 1 atom stereocenters. The van der Waals surface area contributed by atoms with Crippen molar-refractivity contribution in [3.8, 4) is 0 Å². The molecule has 2 aliphatic rings. The molecular weight excluding hydrogens is 392 g/mol. The number of aryl methyl sites for hydroxylation is 1. The van der Waals surface area contributed by atoms with Crippen LogP contribution in [0.1, 0.15) is 60.4 Å². The van der Waals surface area contributed by atoms with E-state index in [4.69, 9.17) is 0 Å². The van der Waals surface area contributed by atoms with E-state index in [-0.39, 0.29) is 18.2 Å². The molecule has 0 aliphatic carbocycles. The highest BCUT2D eigenvalue weighted by Gasteiger charge is 2.42. The van der Waals surface area contributed by atoms with Crippen LogP contribution in [0.15, 0.2) is 30.7 Å². The number of carbonyl (C=O) groups is 2. The first-order chi connectivity index (χ1) is 15.1. The van der Waals surface area contributed by atoms with Gasteiger partial charge in [-0.15, -0.1) is 0 Å². The van der Waals surface area contributed by atoms with Crippen LogP contribution >= 0.6 is 0 Å². The minimum Gasteiger partial charge on any atom is -0.342 e.